The number of hydrogen-bond donors (Lipinski definition) is 0. The monoisotopic (exact) mass is 429 g/mol. The van der Waals surface area contributed by atoms with E-state index in [1.165, 1.54) is 0 Å². The topological polar surface area (TPSA) is 90.7 Å². The minimum Gasteiger partial charge on any atom is -0.486 e. The number of nitrogens with zero attached hydrogens (tertiary/aromatic N) is 3. The summed E-state index contributed by atoms with van der Waals surface area (Å²) in [4.78, 5) is 18.9. The first-order valence-corrected chi connectivity index (χ1v) is 11.6. The molecule has 1 amide bonds. The summed E-state index contributed by atoms with van der Waals surface area (Å²) in [7, 11) is -1.60. The Morgan fingerprint density at radius 3 is 2.63 bits per heavy atom. The van der Waals surface area contributed by atoms with Crippen LogP contribution in [0.4, 0.5) is 0 Å². The number of aromatic nitrogens is 2. The number of imidazole rings is 1. The molecule has 9 heteroatoms. The second-order valence-electron chi connectivity index (χ2n) is 7.44. The summed E-state index contributed by atoms with van der Waals surface area (Å²) in [5.74, 6) is 1.31. The summed E-state index contributed by atoms with van der Waals surface area (Å²) >= 11 is 0. The number of carbonyl (C=O) groups is 1. The SMILES string of the molecule is CN(C[C@@H]1COc2ccccc2O1)C(=O)Cn1c(CS(C)(=O)=O)nc2ccccc21. The molecular weight excluding hydrogens is 406 g/mol. The van der Waals surface area contributed by atoms with E-state index in [0.29, 0.717) is 36.0 Å². The van der Waals surface area contributed by atoms with E-state index in [2.05, 4.69) is 4.98 Å². The fraction of sp³-hybridized carbons (Fsp3) is 0.333. The molecule has 0 aliphatic carbocycles. The van der Waals surface area contributed by atoms with Crippen LogP contribution < -0.4 is 9.47 Å². The van der Waals surface area contributed by atoms with Gasteiger partial charge in [-0.25, -0.2) is 13.4 Å². The van der Waals surface area contributed by atoms with Crippen LogP contribution in [0.15, 0.2) is 48.5 Å². The molecule has 0 bridgehead atoms. The molecular formula is C21H23N3O5S. The van der Waals surface area contributed by atoms with Crippen molar-refractivity contribution in [2.75, 3.05) is 26.5 Å². The van der Waals surface area contributed by atoms with Crippen molar-refractivity contribution in [1.82, 2.24) is 14.5 Å². The lowest BCUT2D eigenvalue weighted by Crippen LogP contribution is -2.42. The molecule has 0 unspecified atom stereocenters. The van der Waals surface area contributed by atoms with Crippen molar-refractivity contribution in [2.24, 2.45) is 0 Å². The molecule has 30 heavy (non-hydrogen) atoms. The molecule has 3 aromatic rings. The molecule has 1 aliphatic rings. The van der Waals surface area contributed by atoms with Crippen LogP contribution in [0, 0.1) is 0 Å². The maximum atomic E-state index is 12.9. The molecule has 0 radical (unpaired) electrons. The van der Waals surface area contributed by atoms with Crippen LogP contribution in [0.2, 0.25) is 0 Å². The van der Waals surface area contributed by atoms with Crippen molar-refractivity contribution in [3.8, 4) is 11.5 Å². The van der Waals surface area contributed by atoms with Gasteiger partial charge in [0.15, 0.2) is 27.4 Å². The molecule has 1 atom stereocenters. The fourth-order valence-electron chi connectivity index (χ4n) is 3.46. The van der Waals surface area contributed by atoms with Gasteiger partial charge in [0.2, 0.25) is 5.91 Å². The van der Waals surface area contributed by atoms with Crippen LogP contribution in [0.1, 0.15) is 5.82 Å². The zero-order valence-electron chi connectivity index (χ0n) is 16.8. The highest BCUT2D eigenvalue weighted by molar-refractivity contribution is 7.89. The molecule has 0 fully saturated rings. The average molecular weight is 429 g/mol. The smallest absolute Gasteiger partial charge is 0.242 e. The third-order valence-corrected chi connectivity index (χ3v) is 5.67. The number of para-hydroxylation sites is 4. The van der Waals surface area contributed by atoms with Crippen LogP contribution in [0.5, 0.6) is 11.5 Å². The number of fused-ring (bicyclic) bond motifs is 2. The van der Waals surface area contributed by atoms with Gasteiger partial charge in [-0.3, -0.25) is 4.79 Å². The number of hydrogen-bond acceptors (Lipinski definition) is 6. The minimum absolute atomic E-state index is 0.00791. The first-order valence-electron chi connectivity index (χ1n) is 9.54. The molecule has 0 N–H and O–H groups in total. The van der Waals surface area contributed by atoms with Gasteiger partial charge in [0.25, 0.3) is 0 Å². The summed E-state index contributed by atoms with van der Waals surface area (Å²) < 4.78 is 37.0. The molecule has 158 valence electrons. The highest BCUT2D eigenvalue weighted by Crippen LogP contribution is 2.31. The van der Waals surface area contributed by atoms with E-state index in [4.69, 9.17) is 9.47 Å². The maximum absolute atomic E-state index is 12.9. The number of carbonyl (C=O) groups excluding carboxylic acids is 1. The van der Waals surface area contributed by atoms with E-state index >= 15 is 0 Å². The van der Waals surface area contributed by atoms with Gasteiger partial charge in [-0.15, -0.1) is 0 Å². The van der Waals surface area contributed by atoms with Crippen molar-refractivity contribution in [1.29, 1.82) is 0 Å². The Morgan fingerprint density at radius 2 is 1.87 bits per heavy atom. The van der Waals surface area contributed by atoms with Gasteiger partial charge in [0.1, 0.15) is 24.7 Å². The van der Waals surface area contributed by atoms with E-state index in [1.54, 1.807) is 22.6 Å². The minimum atomic E-state index is -3.30. The molecule has 4 rings (SSSR count). The Balaban J connectivity index is 1.49. The standard InChI is InChI=1S/C21H23N3O5S/c1-23(11-15-13-28-18-9-5-6-10-19(18)29-15)21(25)12-24-17-8-4-3-7-16(17)22-20(24)14-30(2,26)27/h3-10,15H,11-14H2,1-2H3/t15-/m1/s1. The zero-order chi connectivity index (χ0) is 21.3. The first-order chi connectivity index (χ1) is 14.3. The van der Waals surface area contributed by atoms with Crippen LogP contribution in [0.3, 0.4) is 0 Å². The summed E-state index contributed by atoms with van der Waals surface area (Å²) in [5, 5.41) is 0. The van der Waals surface area contributed by atoms with E-state index < -0.39 is 9.84 Å². The van der Waals surface area contributed by atoms with Crippen LogP contribution >= 0.6 is 0 Å². The zero-order valence-corrected chi connectivity index (χ0v) is 17.6. The second kappa shape index (κ2) is 7.98. The average Bonchev–Trinajstić information content (AvgIpc) is 3.03. The third kappa shape index (κ3) is 4.40. The molecule has 0 spiro atoms. The number of rotatable bonds is 6. The summed E-state index contributed by atoms with van der Waals surface area (Å²) in [5.41, 5.74) is 1.39. The molecule has 2 aromatic carbocycles. The molecule has 8 nitrogen and oxygen atoms in total. The van der Waals surface area contributed by atoms with Crippen LogP contribution in [-0.2, 0) is 26.9 Å². The summed E-state index contributed by atoms with van der Waals surface area (Å²) in [6.07, 6.45) is 0.868. The maximum Gasteiger partial charge on any atom is 0.242 e. The lowest BCUT2D eigenvalue weighted by atomic mass is 10.2. The predicted molar refractivity (Wildman–Crippen MR) is 112 cm³/mol. The number of sulfone groups is 1. The molecule has 0 saturated heterocycles. The van der Waals surface area contributed by atoms with Gasteiger partial charge < -0.3 is 18.9 Å². The number of benzene rings is 2. The van der Waals surface area contributed by atoms with Crippen LogP contribution in [-0.4, -0.2) is 61.3 Å². The summed E-state index contributed by atoms with van der Waals surface area (Å²) in [6.45, 7) is 0.690. The fourth-order valence-corrected chi connectivity index (χ4v) is 4.15. The van der Waals surface area contributed by atoms with E-state index in [0.717, 1.165) is 11.8 Å². The van der Waals surface area contributed by atoms with Crippen LogP contribution in [0.25, 0.3) is 11.0 Å². The molecule has 1 aromatic heterocycles. The Morgan fingerprint density at radius 1 is 1.17 bits per heavy atom. The van der Waals surface area contributed by atoms with Gasteiger partial charge in [-0.2, -0.15) is 0 Å². The Bertz CT molecular complexity index is 1190. The quantitative estimate of drug-likeness (QED) is 0.594. The van der Waals surface area contributed by atoms with Gasteiger partial charge in [0.05, 0.1) is 17.6 Å². The van der Waals surface area contributed by atoms with Gasteiger partial charge in [-0.1, -0.05) is 24.3 Å². The van der Waals surface area contributed by atoms with Crippen molar-refractivity contribution in [3.05, 3.63) is 54.4 Å². The first kappa shape index (κ1) is 20.2. The van der Waals surface area contributed by atoms with E-state index in [1.807, 2.05) is 42.5 Å². The third-order valence-electron chi connectivity index (χ3n) is 4.89. The largest absolute Gasteiger partial charge is 0.486 e. The lowest BCUT2D eigenvalue weighted by molar-refractivity contribution is -0.131. The number of ether oxygens (including phenoxy) is 2. The van der Waals surface area contributed by atoms with E-state index in [9.17, 15) is 13.2 Å². The van der Waals surface area contributed by atoms with Gasteiger partial charge >= 0.3 is 0 Å². The van der Waals surface area contributed by atoms with Crippen molar-refractivity contribution in [2.45, 2.75) is 18.4 Å². The Hall–Kier alpha value is -3.07. The second-order valence-corrected chi connectivity index (χ2v) is 9.59. The number of amides is 1. The Labute approximate surface area is 174 Å². The molecule has 0 saturated carbocycles. The number of likely N-dealkylation sites (N-methyl/N-ethyl adjacent to an activating group) is 1. The Kier molecular flexibility index (Phi) is 5.38. The highest BCUT2D eigenvalue weighted by Gasteiger charge is 2.25. The van der Waals surface area contributed by atoms with Gasteiger partial charge in [-0.05, 0) is 24.3 Å². The summed E-state index contributed by atoms with van der Waals surface area (Å²) in [6, 6.07) is 14.7. The van der Waals surface area contributed by atoms with Crippen molar-refractivity contribution in [3.63, 3.8) is 0 Å². The van der Waals surface area contributed by atoms with E-state index in [-0.39, 0.29) is 24.3 Å². The highest BCUT2D eigenvalue weighted by atomic mass is 32.2. The van der Waals surface area contributed by atoms with Crippen molar-refractivity contribution >= 4 is 26.8 Å². The molecule has 1 aliphatic heterocycles. The molecule has 2 heterocycles. The normalized spacial score (nSPS) is 15.9. The lowest BCUT2D eigenvalue weighted by Gasteiger charge is -2.29. The van der Waals surface area contributed by atoms with Crippen molar-refractivity contribution < 1.29 is 22.7 Å². The van der Waals surface area contributed by atoms with Gasteiger partial charge in [0, 0.05) is 13.3 Å². The predicted octanol–water partition coefficient (Wildman–Crippen LogP) is 1.88.